The van der Waals surface area contributed by atoms with Crippen LogP contribution < -0.4 is 22.3 Å². The van der Waals surface area contributed by atoms with Gasteiger partial charge in [0.2, 0.25) is 0 Å². The molecule has 0 saturated carbocycles. The lowest BCUT2D eigenvalue weighted by molar-refractivity contribution is 0.643. The standard InChI is InChI=1S/C13H20N6O2/c1-4-6-19-11(14)10(12(20)16-13(19)21)15-9-7-18(3)17-8(9)5-2/h7,15H,4-6,14H2,1-3H3,(H,16,20,21). The monoisotopic (exact) mass is 292 g/mol. The fourth-order valence-electron chi connectivity index (χ4n) is 2.19. The Labute approximate surface area is 121 Å². The molecule has 0 spiro atoms. The summed E-state index contributed by atoms with van der Waals surface area (Å²) < 4.78 is 3.01. The average molecular weight is 292 g/mol. The maximum absolute atomic E-state index is 12.0. The molecule has 0 fully saturated rings. The van der Waals surface area contributed by atoms with Gasteiger partial charge in [-0.15, -0.1) is 0 Å². The molecule has 0 unspecified atom stereocenters. The van der Waals surface area contributed by atoms with Crippen molar-refractivity contribution >= 4 is 17.2 Å². The number of rotatable bonds is 5. The van der Waals surface area contributed by atoms with Gasteiger partial charge in [-0.1, -0.05) is 13.8 Å². The van der Waals surface area contributed by atoms with Crippen molar-refractivity contribution < 1.29 is 0 Å². The molecule has 2 aromatic heterocycles. The molecule has 0 aliphatic heterocycles. The smallest absolute Gasteiger partial charge is 0.330 e. The van der Waals surface area contributed by atoms with E-state index in [2.05, 4.69) is 15.4 Å². The van der Waals surface area contributed by atoms with Gasteiger partial charge in [0.15, 0.2) is 0 Å². The van der Waals surface area contributed by atoms with Gasteiger partial charge in [0.05, 0.1) is 11.4 Å². The maximum Gasteiger partial charge on any atom is 0.330 e. The van der Waals surface area contributed by atoms with E-state index in [0.717, 1.165) is 18.5 Å². The van der Waals surface area contributed by atoms with E-state index in [9.17, 15) is 9.59 Å². The first kappa shape index (κ1) is 14.9. The number of nitrogens with zero attached hydrogens (tertiary/aromatic N) is 3. The predicted octanol–water partition coefficient (Wildman–Crippen LogP) is 0.568. The molecule has 0 atom stereocenters. The number of H-pyrrole nitrogens is 1. The van der Waals surface area contributed by atoms with Crippen molar-refractivity contribution in [3.63, 3.8) is 0 Å². The normalized spacial score (nSPS) is 10.8. The van der Waals surface area contributed by atoms with Crippen molar-refractivity contribution in [3.8, 4) is 0 Å². The minimum atomic E-state index is -0.532. The van der Waals surface area contributed by atoms with Crippen molar-refractivity contribution in [1.82, 2.24) is 19.3 Å². The molecule has 114 valence electrons. The van der Waals surface area contributed by atoms with E-state index in [1.165, 1.54) is 4.57 Å². The summed E-state index contributed by atoms with van der Waals surface area (Å²) in [4.78, 5) is 26.0. The molecule has 0 aliphatic rings. The highest BCUT2D eigenvalue weighted by Gasteiger charge is 2.14. The summed E-state index contributed by atoms with van der Waals surface area (Å²) in [6, 6.07) is 0. The lowest BCUT2D eigenvalue weighted by Crippen LogP contribution is -2.33. The molecule has 0 saturated heterocycles. The lowest BCUT2D eigenvalue weighted by Gasteiger charge is -2.12. The van der Waals surface area contributed by atoms with E-state index in [1.54, 1.807) is 17.9 Å². The summed E-state index contributed by atoms with van der Waals surface area (Å²) in [5.74, 6) is 0.136. The number of hydrogen-bond acceptors (Lipinski definition) is 5. The number of anilines is 3. The van der Waals surface area contributed by atoms with Gasteiger partial charge in [0.1, 0.15) is 11.5 Å². The second-order valence-corrected chi connectivity index (χ2v) is 4.81. The zero-order chi connectivity index (χ0) is 15.6. The molecular formula is C13H20N6O2. The van der Waals surface area contributed by atoms with Crippen LogP contribution in [0.4, 0.5) is 17.2 Å². The molecular weight excluding hydrogens is 272 g/mol. The Bertz CT molecular complexity index is 755. The van der Waals surface area contributed by atoms with Crippen LogP contribution in [0.2, 0.25) is 0 Å². The van der Waals surface area contributed by atoms with Gasteiger partial charge in [-0.3, -0.25) is 19.0 Å². The fraction of sp³-hybridized carbons (Fsp3) is 0.462. The second-order valence-electron chi connectivity index (χ2n) is 4.81. The van der Waals surface area contributed by atoms with Crippen LogP contribution in [0, 0.1) is 0 Å². The highest BCUT2D eigenvalue weighted by Crippen LogP contribution is 2.21. The second kappa shape index (κ2) is 5.86. The topological polar surface area (TPSA) is 111 Å². The number of hydrogen-bond donors (Lipinski definition) is 3. The van der Waals surface area contributed by atoms with Crippen LogP contribution in [0.25, 0.3) is 0 Å². The highest BCUT2D eigenvalue weighted by molar-refractivity contribution is 5.69. The number of nitrogens with two attached hydrogens (primary N) is 1. The van der Waals surface area contributed by atoms with E-state index in [0.29, 0.717) is 12.2 Å². The summed E-state index contributed by atoms with van der Waals surface area (Å²) in [5, 5.41) is 7.29. The Morgan fingerprint density at radius 2 is 2.10 bits per heavy atom. The molecule has 0 aromatic carbocycles. The van der Waals surface area contributed by atoms with Gasteiger partial charge < -0.3 is 11.1 Å². The van der Waals surface area contributed by atoms with Crippen LogP contribution in [-0.2, 0) is 20.0 Å². The number of nitrogen functional groups attached to an aromatic ring is 1. The SMILES string of the molecule is CCCn1c(N)c(Nc2cn(C)nc2CC)c(=O)[nH]c1=O. The van der Waals surface area contributed by atoms with E-state index >= 15 is 0 Å². The molecule has 2 rings (SSSR count). The number of aromatic amines is 1. The molecule has 8 nitrogen and oxygen atoms in total. The third kappa shape index (κ3) is 2.83. The zero-order valence-electron chi connectivity index (χ0n) is 12.4. The lowest BCUT2D eigenvalue weighted by atomic mass is 10.3. The van der Waals surface area contributed by atoms with Crippen molar-refractivity contribution in [1.29, 1.82) is 0 Å². The Balaban J connectivity index is 2.51. The first-order chi connectivity index (χ1) is 9.97. The summed E-state index contributed by atoms with van der Waals surface area (Å²) in [5.41, 5.74) is 6.65. The van der Waals surface area contributed by atoms with Crippen LogP contribution >= 0.6 is 0 Å². The summed E-state index contributed by atoms with van der Waals surface area (Å²) >= 11 is 0. The van der Waals surface area contributed by atoms with Crippen molar-refractivity contribution in [2.75, 3.05) is 11.1 Å². The minimum Gasteiger partial charge on any atom is -0.383 e. The fourth-order valence-corrected chi connectivity index (χ4v) is 2.19. The Morgan fingerprint density at radius 3 is 2.71 bits per heavy atom. The summed E-state index contributed by atoms with van der Waals surface area (Å²) in [7, 11) is 1.80. The molecule has 2 heterocycles. The van der Waals surface area contributed by atoms with E-state index < -0.39 is 11.2 Å². The van der Waals surface area contributed by atoms with Gasteiger partial charge in [-0.05, 0) is 12.8 Å². The largest absolute Gasteiger partial charge is 0.383 e. The van der Waals surface area contributed by atoms with E-state index in [4.69, 9.17) is 5.73 Å². The Kier molecular flexibility index (Phi) is 4.15. The molecule has 8 heteroatoms. The van der Waals surface area contributed by atoms with Gasteiger partial charge >= 0.3 is 5.69 Å². The van der Waals surface area contributed by atoms with Crippen LogP contribution in [0.1, 0.15) is 26.0 Å². The Morgan fingerprint density at radius 1 is 1.38 bits per heavy atom. The Hall–Kier alpha value is -2.51. The van der Waals surface area contributed by atoms with Crippen molar-refractivity contribution in [2.45, 2.75) is 33.2 Å². The van der Waals surface area contributed by atoms with Crippen LogP contribution in [-0.4, -0.2) is 19.3 Å². The van der Waals surface area contributed by atoms with Crippen LogP contribution in [0.3, 0.4) is 0 Å². The van der Waals surface area contributed by atoms with Gasteiger partial charge in [0.25, 0.3) is 5.56 Å². The molecule has 0 radical (unpaired) electrons. The number of aromatic nitrogens is 4. The van der Waals surface area contributed by atoms with Gasteiger partial charge in [0, 0.05) is 19.8 Å². The first-order valence-corrected chi connectivity index (χ1v) is 6.90. The van der Waals surface area contributed by atoms with Crippen LogP contribution in [0.5, 0.6) is 0 Å². The molecule has 0 aliphatic carbocycles. The zero-order valence-corrected chi connectivity index (χ0v) is 12.4. The molecule has 4 N–H and O–H groups in total. The molecule has 2 aromatic rings. The molecule has 21 heavy (non-hydrogen) atoms. The highest BCUT2D eigenvalue weighted by atomic mass is 16.2. The average Bonchev–Trinajstić information content (AvgIpc) is 2.79. The quantitative estimate of drug-likeness (QED) is 0.746. The number of nitrogens with one attached hydrogen (secondary N) is 2. The van der Waals surface area contributed by atoms with Gasteiger partial charge in [-0.2, -0.15) is 5.10 Å². The first-order valence-electron chi connectivity index (χ1n) is 6.90. The summed E-state index contributed by atoms with van der Waals surface area (Å²) in [6.07, 6.45) is 3.23. The maximum atomic E-state index is 12.0. The van der Waals surface area contributed by atoms with Crippen LogP contribution in [0.15, 0.2) is 15.8 Å². The summed E-state index contributed by atoms with van der Waals surface area (Å²) in [6.45, 7) is 4.35. The third-order valence-electron chi connectivity index (χ3n) is 3.19. The predicted molar refractivity (Wildman–Crippen MR) is 81.9 cm³/mol. The van der Waals surface area contributed by atoms with E-state index in [1.807, 2.05) is 13.8 Å². The third-order valence-corrected chi connectivity index (χ3v) is 3.19. The number of aryl methyl sites for hydroxylation is 2. The molecule has 0 bridgehead atoms. The van der Waals surface area contributed by atoms with E-state index in [-0.39, 0.29) is 11.5 Å². The van der Waals surface area contributed by atoms with Crippen molar-refractivity contribution in [2.24, 2.45) is 7.05 Å². The van der Waals surface area contributed by atoms with Gasteiger partial charge in [-0.25, -0.2) is 4.79 Å². The minimum absolute atomic E-state index is 0.136. The molecule has 0 amide bonds. The van der Waals surface area contributed by atoms with Crippen molar-refractivity contribution in [3.05, 3.63) is 32.7 Å².